The Morgan fingerprint density at radius 3 is 2.48 bits per heavy atom. The van der Waals surface area contributed by atoms with Crippen molar-refractivity contribution in [2.24, 2.45) is 10.8 Å². The van der Waals surface area contributed by atoms with Crippen LogP contribution in [0, 0.1) is 0 Å². The largest absolute Gasteiger partial charge is 0.380 e. The second-order valence-electron chi connectivity index (χ2n) is 6.23. The summed E-state index contributed by atoms with van der Waals surface area (Å²) in [7, 11) is 1.63. The summed E-state index contributed by atoms with van der Waals surface area (Å²) in [5.41, 5.74) is 8.49. The van der Waals surface area contributed by atoms with Gasteiger partial charge in [-0.25, -0.2) is 0 Å². The predicted octanol–water partition coefficient (Wildman–Crippen LogP) is 1.57. The molecule has 2 aromatic carbocycles. The molecule has 1 aliphatic rings. The monoisotopic (exact) mass is 366 g/mol. The molecule has 1 atom stereocenters. The van der Waals surface area contributed by atoms with Gasteiger partial charge < -0.3 is 15.8 Å². The van der Waals surface area contributed by atoms with Crippen molar-refractivity contribution in [1.82, 2.24) is 5.32 Å². The maximum Gasteiger partial charge on any atom is 0.267 e. The highest BCUT2D eigenvalue weighted by atomic mass is 16.5. The zero-order chi connectivity index (χ0) is 19.2. The zero-order valence-electron chi connectivity index (χ0n) is 15.1. The third-order valence-corrected chi connectivity index (χ3v) is 4.38. The lowest BCUT2D eigenvalue weighted by Gasteiger charge is -2.20. The lowest BCUT2D eigenvalue weighted by Crippen LogP contribution is -2.39. The molecule has 1 heterocycles. The number of primary amides is 1. The standard InChI is InChI=1S/C20H22N4O3/c1-27-13-15-8-6-5-7-14(15)12-22-20(26)17-11-18(19(21)25)24(23-17)16-9-3-2-4-10-16/h2-10,18H,11-13H2,1H3,(H2,21,25)(H,22,26). The van der Waals surface area contributed by atoms with Gasteiger partial charge in [0.2, 0.25) is 5.91 Å². The van der Waals surface area contributed by atoms with E-state index in [1.165, 1.54) is 5.01 Å². The fraction of sp³-hybridized carbons (Fsp3) is 0.250. The molecule has 0 aromatic heterocycles. The van der Waals surface area contributed by atoms with E-state index in [0.29, 0.717) is 13.2 Å². The summed E-state index contributed by atoms with van der Waals surface area (Å²) in [6.45, 7) is 0.822. The van der Waals surface area contributed by atoms with Gasteiger partial charge in [-0.2, -0.15) is 5.10 Å². The summed E-state index contributed by atoms with van der Waals surface area (Å²) in [5, 5.41) is 8.72. The molecule has 0 bridgehead atoms. The van der Waals surface area contributed by atoms with Crippen LogP contribution in [0.2, 0.25) is 0 Å². The van der Waals surface area contributed by atoms with Crippen LogP contribution >= 0.6 is 0 Å². The molecular formula is C20H22N4O3. The van der Waals surface area contributed by atoms with Gasteiger partial charge in [-0.3, -0.25) is 14.6 Å². The van der Waals surface area contributed by atoms with Crippen LogP contribution in [0.4, 0.5) is 5.69 Å². The first-order valence-corrected chi connectivity index (χ1v) is 8.65. The Hall–Kier alpha value is -3.19. The summed E-state index contributed by atoms with van der Waals surface area (Å²) < 4.78 is 5.18. The number of para-hydroxylation sites is 1. The van der Waals surface area contributed by atoms with E-state index in [1.54, 1.807) is 7.11 Å². The normalized spacial score (nSPS) is 16.1. The zero-order valence-corrected chi connectivity index (χ0v) is 15.1. The SMILES string of the molecule is COCc1ccccc1CNC(=O)C1=NN(c2ccccc2)C(C(N)=O)C1. The summed E-state index contributed by atoms with van der Waals surface area (Å²) in [6, 6.07) is 16.3. The van der Waals surface area contributed by atoms with Gasteiger partial charge in [-0.1, -0.05) is 42.5 Å². The molecule has 0 spiro atoms. The topological polar surface area (TPSA) is 97.0 Å². The van der Waals surface area contributed by atoms with Crippen LogP contribution in [0.3, 0.4) is 0 Å². The van der Waals surface area contributed by atoms with Crippen molar-refractivity contribution in [2.45, 2.75) is 25.6 Å². The minimum atomic E-state index is -0.672. The van der Waals surface area contributed by atoms with Crippen molar-refractivity contribution >= 4 is 23.2 Å². The second kappa shape index (κ2) is 8.46. The molecule has 3 N–H and O–H groups in total. The molecule has 1 aliphatic heterocycles. The van der Waals surface area contributed by atoms with Gasteiger partial charge in [0, 0.05) is 20.1 Å². The van der Waals surface area contributed by atoms with Crippen molar-refractivity contribution in [3.05, 3.63) is 65.7 Å². The van der Waals surface area contributed by atoms with Crippen molar-refractivity contribution in [2.75, 3.05) is 12.1 Å². The Bertz CT molecular complexity index is 851. The molecule has 0 aliphatic carbocycles. The van der Waals surface area contributed by atoms with Gasteiger partial charge in [-0.05, 0) is 23.3 Å². The number of nitrogens with two attached hydrogens (primary N) is 1. The number of hydrogen-bond donors (Lipinski definition) is 2. The van der Waals surface area contributed by atoms with Gasteiger partial charge >= 0.3 is 0 Å². The van der Waals surface area contributed by atoms with Crippen molar-refractivity contribution < 1.29 is 14.3 Å². The van der Waals surface area contributed by atoms with Crippen molar-refractivity contribution in [3.8, 4) is 0 Å². The number of hydrazone groups is 1. The third-order valence-electron chi connectivity index (χ3n) is 4.38. The Labute approximate surface area is 157 Å². The number of methoxy groups -OCH3 is 1. The molecule has 0 saturated carbocycles. The molecule has 0 radical (unpaired) electrons. The minimum Gasteiger partial charge on any atom is -0.380 e. The molecule has 7 heteroatoms. The van der Waals surface area contributed by atoms with Gasteiger partial charge in [0.15, 0.2) is 0 Å². The summed E-state index contributed by atoms with van der Waals surface area (Å²) >= 11 is 0. The first-order chi connectivity index (χ1) is 13.1. The highest BCUT2D eigenvalue weighted by molar-refractivity contribution is 6.40. The molecule has 0 saturated heterocycles. The van der Waals surface area contributed by atoms with Crippen LogP contribution in [-0.2, 0) is 27.5 Å². The molecule has 1 unspecified atom stereocenters. The number of hydrogen-bond acceptors (Lipinski definition) is 5. The molecule has 2 amide bonds. The smallest absolute Gasteiger partial charge is 0.267 e. The van der Waals surface area contributed by atoms with Crippen LogP contribution in [-0.4, -0.2) is 30.7 Å². The first kappa shape index (κ1) is 18.6. The Balaban J connectivity index is 1.72. The number of benzene rings is 2. The highest BCUT2D eigenvalue weighted by Gasteiger charge is 2.34. The number of rotatable bonds is 7. The number of amides is 2. The Morgan fingerprint density at radius 2 is 1.81 bits per heavy atom. The summed E-state index contributed by atoms with van der Waals surface area (Å²) in [4.78, 5) is 24.4. The molecule has 27 heavy (non-hydrogen) atoms. The Kier molecular flexibility index (Phi) is 5.83. The van der Waals surface area contributed by atoms with E-state index in [0.717, 1.165) is 16.8 Å². The van der Waals surface area contributed by atoms with Gasteiger partial charge in [0.25, 0.3) is 5.91 Å². The van der Waals surface area contributed by atoms with Crippen molar-refractivity contribution in [1.29, 1.82) is 0 Å². The quantitative estimate of drug-likeness (QED) is 0.777. The van der Waals surface area contributed by atoms with Crippen LogP contribution < -0.4 is 16.1 Å². The molecule has 3 rings (SSSR count). The van der Waals surface area contributed by atoms with E-state index in [2.05, 4.69) is 10.4 Å². The van der Waals surface area contributed by atoms with Gasteiger partial charge in [0.05, 0.1) is 12.3 Å². The third kappa shape index (κ3) is 4.32. The molecular weight excluding hydrogens is 344 g/mol. The fourth-order valence-electron chi connectivity index (χ4n) is 2.99. The maximum atomic E-state index is 12.6. The predicted molar refractivity (Wildman–Crippen MR) is 103 cm³/mol. The van der Waals surface area contributed by atoms with Gasteiger partial charge in [-0.15, -0.1) is 0 Å². The van der Waals surface area contributed by atoms with E-state index in [-0.39, 0.29) is 18.0 Å². The van der Waals surface area contributed by atoms with Crippen LogP contribution in [0.5, 0.6) is 0 Å². The molecule has 140 valence electrons. The summed E-state index contributed by atoms with van der Waals surface area (Å²) in [5.74, 6) is -0.831. The van der Waals surface area contributed by atoms with Gasteiger partial charge in [0.1, 0.15) is 11.8 Å². The highest BCUT2D eigenvalue weighted by Crippen LogP contribution is 2.24. The number of carbonyl (C=O) groups excluding carboxylic acids is 2. The molecule has 7 nitrogen and oxygen atoms in total. The van der Waals surface area contributed by atoms with E-state index in [1.807, 2.05) is 54.6 Å². The molecule has 2 aromatic rings. The Morgan fingerprint density at radius 1 is 1.15 bits per heavy atom. The number of nitrogens with one attached hydrogen (secondary N) is 1. The van der Waals surface area contributed by atoms with E-state index in [4.69, 9.17) is 10.5 Å². The van der Waals surface area contributed by atoms with Crippen LogP contribution in [0.25, 0.3) is 0 Å². The number of carbonyl (C=O) groups is 2. The maximum absolute atomic E-state index is 12.6. The number of nitrogens with zero attached hydrogens (tertiary/aromatic N) is 2. The average Bonchev–Trinajstić information content (AvgIpc) is 3.14. The summed E-state index contributed by atoms with van der Waals surface area (Å²) in [6.07, 6.45) is 0.176. The lowest BCUT2D eigenvalue weighted by molar-refractivity contribution is -0.119. The van der Waals surface area contributed by atoms with E-state index < -0.39 is 11.9 Å². The number of anilines is 1. The van der Waals surface area contributed by atoms with E-state index >= 15 is 0 Å². The van der Waals surface area contributed by atoms with E-state index in [9.17, 15) is 9.59 Å². The fourth-order valence-corrected chi connectivity index (χ4v) is 2.99. The van der Waals surface area contributed by atoms with Crippen molar-refractivity contribution in [3.63, 3.8) is 0 Å². The van der Waals surface area contributed by atoms with Crippen LogP contribution in [0.15, 0.2) is 59.7 Å². The second-order valence-corrected chi connectivity index (χ2v) is 6.23. The minimum absolute atomic E-state index is 0.176. The number of ether oxygens (including phenoxy) is 1. The van der Waals surface area contributed by atoms with Crippen LogP contribution in [0.1, 0.15) is 17.5 Å². The molecule has 0 fully saturated rings. The lowest BCUT2D eigenvalue weighted by atomic mass is 10.1. The first-order valence-electron chi connectivity index (χ1n) is 8.65. The average molecular weight is 366 g/mol.